The van der Waals surface area contributed by atoms with E-state index < -0.39 is 5.41 Å². The van der Waals surface area contributed by atoms with Crippen LogP contribution in [-0.2, 0) is 11.3 Å². The first-order valence-corrected chi connectivity index (χ1v) is 10.8. The van der Waals surface area contributed by atoms with Crippen LogP contribution in [0.1, 0.15) is 65.2 Å². The molecule has 168 valence electrons. The molecule has 0 bridgehead atoms. The van der Waals surface area contributed by atoms with Gasteiger partial charge in [0, 0.05) is 35.0 Å². The molecule has 0 aliphatic carbocycles. The summed E-state index contributed by atoms with van der Waals surface area (Å²) in [6.45, 7) is 17.7. The second kappa shape index (κ2) is 11.5. The Hall–Kier alpha value is -2.88. The summed E-state index contributed by atoms with van der Waals surface area (Å²) in [6, 6.07) is 5.59. The number of fused-ring (bicyclic) bond motifs is 1. The predicted molar refractivity (Wildman–Crippen MR) is 131 cm³/mol. The number of aromatic nitrogens is 1. The number of hydrogen-bond donors (Lipinski definition) is 0. The first-order valence-electron chi connectivity index (χ1n) is 10.8. The van der Waals surface area contributed by atoms with E-state index in [2.05, 4.69) is 6.58 Å². The zero-order valence-electron chi connectivity index (χ0n) is 20.3. The lowest BCUT2D eigenvalue weighted by atomic mass is 9.91. The normalized spacial score (nSPS) is 11.9. The molecular formula is C27H37NO3. The number of Topliss-reactive ketones (excluding diaryl/α,β-unsaturated/α-hetero) is 2. The van der Waals surface area contributed by atoms with Gasteiger partial charge < -0.3 is 9.30 Å². The Labute approximate surface area is 187 Å². The molecule has 1 aromatic carbocycles. The lowest BCUT2D eigenvalue weighted by molar-refractivity contribution is -0.126. The fraction of sp³-hybridized carbons (Fsp3) is 0.407. The fourth-order valence-electron chi connectivity index (χ4n) is 2.98. The van der Waals surface area contributed by atoms with Crippen molar-refractivity contribution in [2.75, 3.05) is 7.11 Å². The van der Waals surface area contributed by atoms with Crippen LogP contribution in [-0.4, -0.2) is 23.2 Å². The minimum atomic E-state index is -0.456. The molecule has 1 aromatic heterocycles. The van der Waals surface area contributed by atoms with E-state index in [-0.39, 0.29) is 24.5 Å². The molecule has 0 aliphatic heterocycles. The molecule has 2 rings (SSSR count). The maximum absolute atomic E-state index is 13.2. The summed E-state index contributed by atoms with van der Waals surface area (Å²) < 4.78 is 7.20. The van der Waals surface area contributed by atoms with Gasteiger partial charge in [0.25, 0.3) is 0 Å². The number of carbonyl (C=O) groups excluding carboxylic acids is 2. The van der Waals surface area contributed by atoms with Gasteiger partial charge in [-0.25, -0.2) is 0 Å². The summed E-state index contributed by atoms with van der Waals surface area (Å²) in [5, 5.41) is 0.824. The van der Waals surface area contributed by atoms with E-state index in [1.165, 1.54) is 0 Å². The molecule has 0 amide bonds. The molecule has 0 unspecified atom stereocenters. The third-order valence-corrected chi connectivity index (χ3v) is 4.93. The van der Waals surface area contributed by atoms with Crippen LogP contribution in [0.25, 0.3) is 10.9 Å². The van der Waals surface area contributed by atoms with Crippen LogP contribution in [0.15, 0.2) is 60.3 Å². The number of methoxy groups -OCH3 is 1. The van der Waals surface area contributed by atoms with Gasteiger partial charge in [0.05, 0.1) is 19.2 Å². The van der Waals surface area contributed by atoms with Gasteiger partial charge >= 0.3 is 0 Å². The van der Waals surface area contributed by atoms with Crippen LogP contribution in [0.4, 0.5) is 0 Å². The van der Waals surface area contributed by atoms with E-state index in [0.717, 1.165) is 22.0 Å². The van der Waals surface area contributed by atoms with Crippen molar-refractivity contribution < 1.29 is 14.3 Å². The number of benzene rings is 1. The van der Waals surface area contributed by atoms with E-state index in [9.17, 15) is 9.59 Å². The summed E-state index contributed by atoms with van der Waals surface area (Å²) in [7, 11) is 1.60. The standard InChI is InChI=1S/C25H31NO3.C2H6/c1-8-9-10-18(17(2)3)13-23(27)21-15-26(16-24(28)25(4,5)6)22-14-19(29-7)11-12-20(21)22;1-2/h8-12,14-15H,2,13,16H2,1,3-7H3;1-2H3/b9-8-,18-10-;. The van der Waals surface area contributed by atoms with E-state index in [1.54, 1.807) is 13.3 Å². The Morgan fingerprint density at radius 3 is 2.35 bits per heavy atom. The highest BCUT2D eigenvalue weighted by molar-refractivity contribution is 6.09. The summed E-state index contributed by atoms with van der Waals surface area (Å²) in [5.41, 5.74) is 2.73. The van der Waals surface area contributed by atoms with E-state index in [0.29, 0.717) is 11.3 Å². The minimum absolute atomic E-state index is 0.000813. The molecular weight excluding hydrogens is 386 g/mol. The van der Waals surface area contributed by atoms with Gasteiger partial charge in [-0.05, 0) is 31.6 Å². The molecule has 4 nitrogen and oxygen atoms in total. The van der Waals surface area contributed by atoms with Crippen LogP contribution in [0.2, 0.25) is 0 Å². The van der Waals surface area contributed by atoms with Crippen molar-refractivity contribution in [2.45, 2.75) is 61.4 Å². The molecule has 0 spiro atoms. The second-order valence-corrected chi connectivity index (χ2v) is 8.32. The van der Waals surface area contributed by atoms with Gasteiger partial charge in [-0.2, -0.15) is 0 Å². The maximum Gasteiger partial charge on any atom is 0.169 e. The Balaban J connectivity index is 0.00000233. The molecule has 0 saturated heterocycles. The van der Waals surface area contributed by atoms with E-state index >= 15 is 0 Å². The minimum Gasteiger partial charge on any atom is -0.497 e. The fourth-order valence-corrected chi connectivity index (χ4v) is 2.98. The second-order valence-electron chi connectivity index (χ2n) is 8.32. The van der Waals surface area contributed by atoms with Crippen molar-refractivity contribution in [3.8, 4) is 5.75 Å². The van der Waals surface area contributed by atoms with Crippen LogP contribution in [0.5, 0.6) is 5.75 Å². The number of rotatable bonds is 8. The van der Waals surface area contributed by atoms with Crippen molar-refractivity contribution in [3.63, 3.8) is 0 Å². The third kappa shape index (κ3) is 6.81. The Bertz CT molecular complexity index is 997. The number of ether oxygens (including phenoxy) is 1. The Morgan fingerprint density at radius 1 is 1.19 bits per heavy atom. The number of carbonyl (C=O) groups is 2. The largest absolute Gasteiger partial charge is 0.497 e. The third-order valence-electron chi connectivity index (χ3n) is 4.93. The number of hydrogen-bond acceptors (Lipinski definition) is 3. The summed E-state index contributed by atoms with van der Waals surface area (Å²) in [4.78, 5) is 25.8. The van der Waals surface area contributed by atoms with Crippen molar-refractivity contribution >= 4 is 22.5 Å². The highest BCUT2D eigenvalue weighted by Gasteiger charge is 2.24. The van der Waals surface area contributed by atoms with Gasteiger partial charge in [0.1, 0.15) is 5.75 Å². The van der Waals surface area contributed by atoms with Crippen molar-refractivity contribution in [3.05, 3.63) is 65.9 Å². The lowest BCUT2D eigenvalue weighted by Crippen LogP contribution is -2.24. The maximum atomic E-state index is 13.2. The van der Waals surface area contributed by atoms with Crippen LogP contribution in [0.3, 0.4) is 0 Å². The first kappa shape index (κ1) is 26.2. The average molecular weight is 424 g/mol. The lowest BCUT2D eigenvalue weighted by Gasteiger charge is -2.17. The van der Waals surface area contributed by atoms with Gasteiger partial charge in [-0.15, -0.1) is 0 Å². The molecule has 0 N–H and O–H groups in total. The van der Waals surface area contributed by atoms with Gasteiger partial charge in [-0.3, -0.25) is 9.59 Å². The molecule has 0 fully saturated rings. The smallest absolute Gasteiger partial charge is 0.169 e. The van der Waals surface area contributed by atoms with Crippen molar-refractivity contribution in [2.24, 2.45) is 5.41 Å². The van der Waals surface area contributed by atoms with Crippen molar-refractivity contribution in [1.82, 2.24) is 4.57 Å². The topological polar surface area (TPSA) is 48.3 Å². The highest BCUT2D eigenvalue weighted by Crippen LogP contribution is 2.29. The number of nitrogens with zero attached hydrogens (tertiary/aromatic N) is 1. The molecule has 0 saturated carbocycles. The van der Waals surface area contributed by atoms with E-state index in [1.807, 2.05) is 89.5 Å². The molecule has 0 aliphatic rings. The van der Waals surface area contributed by atoms with Gasteiger partial charge in [0.15, 0.2) is 11.6 Å². The predicted octanol–water partition coefficient (Wildman–Crippen LogP) is 6.94. The highest BCUT2D eigenvalue weighted by atomic mass is 16.5. The van der Waals surface area contributed by atoms with Gasteiger partial charge in [-0.1, -0.05) is 65.0 Å². The average Bonchev–Trinajstić information content (AvgIpc) is 3.09. The van der Waals surface area contributed by atoms with Crippen molar-refractivity contribution in [1.29, 1.82) is 0 Å². The molecule has 31 heavy (non-hydrogen) atoms. The molecule has 4 heteroatoms. The zero-order valence-corrected chi connectivity index (χ0v) is 20.3. The first-order chi connectivity index (χ1) is 14.6. The van der Waals surface area contributed by atoms with Crippen LogP contribution in [0, 0.1) is 5.41 Å². The zero-order chi connectivity index (χ0) is 23.8. The van der Waals surface area contributed by atoms with Crippen LogP contribution < -0.4 is 4.74 Å². The molecule has 0 radical (unpaired) electrons. The Kier molecular flexibility index (Phi) is 9.70. The number of allylic oxidation sites excluding steroid dienone is 5. The summed E-state index contributed by atoms with van der Waals surface area (Å²) in [5.74, 6) is 0.794. The molecule has 0 atom stereocenters. The summed E-state index contributed by atoms with van der Waals surface area (Å²) >= 11 is 0. The Morgan fingerprint density at radius 2 is 1.84 bits per heavy atom. The molecule has 2 aromatic rings. The quantitative estimate of drug-likeness (QED) is 0.341. The summed E-state index contributed by atoms with van der Waals surface area (Å²) in [6.07, 6.45) is 7.81. The number of ketones is 2. The van der Waals surface area contributed by atoms with E-state index in [4.69, 9.17) is 4.74 Å². The molecule has 1 heterocycles. The SMILES string of the molecule is C=C(C)/C(=C\C=C/C)CC(=O)c1cn(CC(=O)C(C)(C)C)c2cc(OC)ccc12.CC. The van der Waals surface area contributed by atoms with Gasteiger partial charge in [0.2, 0.25) is 0 Å². The van der Waals surface area contributed by atoms with Crippen LogP contribution >= 0.6 is 0 Å². The monoisotopic (exact) mass is 423 g/mol.